The molecule has 0 aliphatic carbocycles. The molecule has 8 nitrogen and oxygen atoms in total. The van der Waals surface area contributed by atoms with Gasteiger partial charge in [-0.2, -0.15) is 0 Å². The van der Waals surface area contributed by atoms with Crippen LogP contribution in [-0.2, 0) is 20.7 Å². The lowest BCUT2D eigenvalue weighted by molar-refractivity contribution is -0.115. The number of nitrogens with one attached hydrogen (secondary N) is 1. The van der Waals surface area contributed by atoms with E-state index in [0.717, 1.165) is 22.5 Å². The number of aryl methyl sites for hydroxylation is 1. The van der Waals surface area contributed by atoms with Crippen molar-refractivity contribution in [3.8, 4) is 0 Å². The second kappa shape index (κ2) is 9.30. The summed E-state index contributed by atoms with van der Waals surface area (Å²) in [6.45, 7) is 8.94. The summed E-state index contributed by atoms with van der Waals surface area (Å²) in [5.74, 6) is -1.49. The van der Waals surface area contributed by atoms with E-state index in [9.17, 15) is 14.4 Å². The Morgan fingerprint density at radius 1 is 1.23 bits per heavy atom. The Morgan fingerprint density at radius 3 is 2.61 bits per heavy atom. The first-order valence-corrected chi connectivity index (χ1v) is 10.8. The van der Waals surface area contributed by atoms with Crippen molar-refractivity contribution in [3.63, 3.8) is 0 Å². The van der Waals surface area contributed by atoms with Crippen molar-refractivity contribution in [1.29, 1.82) is 0 Å². The molecule has 1 amide bonds. The van der Waals surface area contributed by atoms with E-state index in [2.05, 4.69) is 10.3 Å². The molecule has 0 atom stereocenters. The molecule has 3 rings (SSSR count). The van der Waals surface area contributed by atoms with Gasteiger partial charge in [0.15, 0.2) is 0 Å². The fraction of sp³-hybridized carbons (Fsp3) is 0.364. The summed E-state index contributed by atoms with van der Waals surface area (Å²) in [6, 6.07) is 3.86. The third-order valence-electron chi connectivity index (χ3n) is 4.48. The van der Waals surface area contributed by atoms with Crippen LogP contribution in [0.3, 0.4) is 0 Å². The summed E-state index contributed by atoms with van der Waals surface area (Å²) in [6.07, 6.45) is 3.37. The van der Waals surface area contributed by atoms with E-state index in [0.29, 0.717) is 11.3 Å². The molecule has 1 N–H and O–H groups in total. The maximum Gasteiger partial charge on any atom is 0.348 e. The number of thiophene rings is 1. The van der Waals surface area contributed by atoms with Crippen molar-refractivity contribution in [2.24, 2.45) is 0 Å². The van der Waals surface area contributed by atoms with E-state index in [-0.39, 0.29) is 40.5 Å². The first-order valence-electron chi connectivity index (χ1n) is 9.95. The average Bonchev–Trinajstić information content (AvgIpc) is 3.22. The van der Waals surface area contributed by atoms with Gasteiger partial charge in [0.05, 0.1) is 30.4 Å². The number of carbonyl (C=O) groups is 3. The molecule has 0 aliphatic rings. The minimum absolute atomic E-state index is 0.0199. The zero-order valence-corrected chi connectivity index (χ0v) is 19.0. The van der Waals surface area contributed by atoms with Crippen molar-refractivity contribution in [2.75, 3.05) is 11.9 Å². The number of amides is 1. The molecule has 164 valence electrons. The molecule has 0 unspecified atom stereocenters. The maximum atomic E-state index is 12.7. The van der Waals surface area contributed by atoms with Crippen LogP contribution in [0.4, 0.5) is 5.00 Å². The molecule has 0 radical (unpaired) electrons. The predicted molar refractivity (Wildman–Crippen MR) is 118 cm³/mol. The summed E-state index contributed by atoms with van der Waals surface area (Å²) in [7, 11) is 0. The van der Waals surface area contributed by atoms with Crippen molar-refractivity contribution in [2.45, 2.75) is 47.1 Å². The van der Waals surface area contributed by atoms with Gasteiger partial charge in [-0.25, -0.2) is 14.6 Å². The second-order valence-corrected chi connectivity index (χ2v) is 8.33. The van der Waals surface area contributed by atoms with Gasteiger partial charge in [-0.1, -0.05) is 6.07 Å². The highest BCUT2D eigenvalue weighted by molar-refractivity contribution is 7.18. The number of aromatic nitrogens is 2. The third-order valence-corrected chi connectivity index (χ3v) is 5.66. The zero-order chi connectivity index (χ0) is 22.7. The number of imidazole rings is 1. The van der Waals surface area contributed by atoms with Crippen LogP contribution in [0, 0.1) is 13.8 Å². The molecule has 0 bridgehead atoms. The molecular weight excluding hydrogens is 418 g/mol. The number of hydrogen-bond acceptors (Lipinski definition) is 7. The zero-order valence-electron chi connectivity index (χ0n) is 18.1. The van der Waals surface area contributed by atoms with Crippen molar-refractivity contribution >= 4 is 39.8 Å². The third kappa shape index (κ3) is 4.93. The number of rotatable bonds is 7. The van der Waals surface area contributed by atoms with Gasteiger partial charge in [0, 0.05) is 12.4 Å². The molecule has 9 heteroatoms. The van der Waals surface area contributed by atoms with Crippen LogP contribution < -0.4 is 5.32 Å². The fourth-order valence-corrected chi connectivity index (χ4v) is 4.23. The second-order valence-electron chi connectivity index (χ2n) is 7.31. The Bertz CT molecular complexity index is 1150. The number of fused-ring (bicyclic) bond motifs is 1. The lowest BCUT2D eigenvalue weighted by Crippen LogP contribution is -2.17. The van der Waals surface area contributed by atoms with Crippen LogP contribution in [-0.4, -0.2) is 39.9 Å². The van der Waals surface area contributed by atoms with Crippen molar-refractivity contribution in [1.82, 2.24) is 9.38 Å². The number of esters is 2. The number of ether oxygens (including phenoxy) is 2. The molecule has 31 heavy (non-hydrogen) atoms. The topological polar surface area (TPSA) is 99.0 Å². The highest BCUT2D eigenvalue weighted by atomic mass is 32.1. The molecule has 3 heterocycles. The highest BCUT2D eigenvalue weighted by Gasteiger charge is 2.28. The Morgan fingerprint density at radius 2 is 1.97 bits per heavy atom. The van der Waals surface area contributed by atoms with Gasteiger partial charge in [-0.3, -0.25) is 4.79 Å². The number of hydrogen-bond donors (Lipinski definition) is 1. The quantitative estimate of drug-likeness (QED) is 0.556. The minimum atomic E-state index is -0.599. The van der Waals surface area contributed by atoms with Crippen molar-refractivity contribution < 1.29 is 23.9 Å². The monoisotopic (exact) mass is 443 g/mol. The molecule has 0 spiro atoms. The normalized spacial score (nSPS) is 11.0. The molecule has 0 aliphatic heterocycles. The van der Waals surface area contributed by atoms with Crippen LogP contribution in [0.25, 0.3) is 5.65 Å². The molecule has 0 fully saturated rings. The average molecular weight is 444 g/mol. The lowest BCUT2D eigenvalue weighted by Gasteiger charge is -2.07. The number of anilines is 1. The van der Waals surface area contributed by atoms with Gasteiger partial charge in [0.1, 0.15) is 15.5 Å². The van der Waals surface area contributed by atoms with Crippen LogP contribution in [0.2, 0.25) is 0 Å². The first kappa shape index (κ1) is 22.5. The van der Waals surface area contributed by atoms with Crippen LogP contribution in [0.1, 0.15) is 57.6 Å². The molecule has 0 saturated carbocycles. The standard InChI is InChI=1S/C22H25N3O5S/c1-6-29-21(27)17-14(5)18(22(28)30-12(2)3)31-20(17)24-16(26)10-15-11-25-9-7-8-13(4)19(25)23-15/h7-9,11-12H,6,10H2,1-5H3,(H,24,26). The SMILES string of the molecule is CCOC(=O)c1c(NC(=O)Cc2cn3cccc(C)c3n2)sc(C(=O)OC(C)C)c1C. The van der Waals surface area contributed by atoms with E-state index in [4.69, 9.17) is 9.47 Å². The van der Waals surface area contributed by atoms with Gasteiger partial charge >= 0.3 is 11.9 Å². The van der Waals surface area contributed by atoms with Gasteiger partial charge < -0.3 is 19.2 Å². The van der Waals surface area contributed by atoms with Crippen LogP contribution >= 0.6 is 11.3 Å². The Labute approximate surface area is 184 Å². The molecule has 3 aromatic rings. The van der Waals surface area contributed by atoms with Crippen molar-refractivity contribution in [3.05, 3.63) is 51.8 Å². The fourth-order valence-electron chi connectivity index (χ4n) is 3.14. The molecule has 0 saturated heterocycles. The summed E-state index contributed by atoms with van der Waals surface area (Å²) in [4.78, 5) is 42.4. The Balaban J connectivity index is 1.87. The maximum absolute atomic E-state index is 12.7. The summed E-state index contributed by atoms with van der Waals surface area (Å²) in [5, 5.41) is 3.01. The molecule has 0 aromatic carbocycles. The number of nitrogens with zero attached hydrogens (tertiary/aromatic N) is 2. The van der Waals surface area contributed by atoms with E-state index < -0.39 is 11.9 Å². The predicted octanol–water partition coefficient (Wildman–Crippen LogP) is 3.94. The van der Waals surface area contributed by atoms with E-state index in [1.807, 2.05) is 29.7 Å². The Kier molecular flexibility index (Phi) is 6.74. The van der Waals surface area contributed by atoms with Gasteiger partial charge in [0.25, 0.3) is 0 Å². The first-order chi connectivity index (χ1) is 14.7. The van der Waals surface area contributed by atoms with Gasteiger partial charge in [-0.15, -0.1) is 11.3 Å². The Hall–Kier alpha value is -3.20. The van der Waals surface area contributed by atoms with Crippen LogP contribution in [0.15, 0.2) is 24.5 Å². The van der Waals surface area contributed by atoms with Crippen LogP contribution in [0.5, 0.6) is 0 Å². The smallest absolute Gasteiger partial charge is 0.348 e. The highest BCUT2D eigenvalue weighted by Crippen LogP contribution is 2.34. The number of pyridine rings is 1. The largest absolute Gasteiger partial charge is 0.462 e. The molecule has 3 aromatic heterocycles. The lowest BCUT2D eigenvalue weighted by atomic mass is 10.1. The number of carbonyl (C=O) groups excluding carboxylic acids is 3. The van der Waals surface area contributed by atoms with Gasteiger partial charge in [-0.05, 0) is 51.8 Å². The summed E-state index contributed by atoms with van der Waals surface area (Å²) < 4.78 is 12.2. The van der Waals surface area contributed by atoms with E-state index in [1.165, 1.54) is 0 Å². The summed E-state index contributed by atoms with van der Waals surface area (Å²) >= 11 is 1.00. The molecular formula is C22H25N3O5S. The van der Waals surface area contributed by atoms with E-state index >= 15 is 0 Å². The minimum Gasteiger partial charge on any atom is -0.462 e. The van der Waals surface area contributed by atoms with Gasteiger partial charge in [0.2, 0.25) is 5.91 Å². The van der Waals surface area contributed by atoms with E-state index in [1.54, 1.807) is 33.9 Å². The summed E-state index contributed by atoms with van der Waals surface area (Å²) in [5.41, 5.74) is 2.97.